The molecule has 0 spiro atoms. The Morgan fingerprint density at radius 1 is 1.44 bits per heavy atom. The van der Waals surface area contributed by atoms with Crippen LogP contribution in [0.15, 0.2) is 29.2 Å². The molecule has 16 heavy (non-hydrogen) atoms. The van der Waals surface area contributed by atoms with Gasteiger partial charge in [-0.15, -0.1) is 11.8 Å². The fourth-order valence-electron chi connectivity index (χ4n) is 1.84. The van der Waals surface area contributed by atoms with E-state index in [4.69, 9.17) is 0 Å². The van der Waals surface area contributed by atoms with E-state index in [1.165, 1.54) is 0 Å². The Morgan fingerprint density at radius 2 is 2.12 bits per heavy atom. The van der Waals surface area contributed by atoms with Crippen LogP contribution in [0, 0.1) is 0 Å². The number of hydrogen-bond acceptors (Lipinski definition) is 3. The zero-order valence-corrected chi connectivity index (χ0v) is 11.0. The fourth-order valence-corrected chi connectivity index (χ4v) is 4.41. The van der Waals surface area contributed by atoms with Crippen molar-refractivity contribution in [3.63, 3.8) is 0 Å². The van der Waals surface area contributed by atoms with Crippen LogP contribution in [-0.2, 0) is 10.0 Å². The van der Waals surface area contributed by atoms with Gasteiger partial charge >= 0.3 is 0 Å². The number of nitrogens with zero attached hydrogens (tertiary/aromatic N) is 1. The number of hydrogen-bond donors (Lipinski definition) is 0. The normalized spacial score (nSPS) is 20.6. The Labute approximate surface area is 101 Å². The zero-order valence-electron chi connectivity index (χ0n) is 9.38. The molecule has 5 heteroatoms. The highest BCUT2D eigenvalue weighted by atomic mass is 32.2. The van der Waals surface area contributed by atoms with Crippen LogP contribution in [0.5, 0.6) is 0 Å². The molecule has 1 aliphatic heterocycles. The zero-order chi connectivity index (χ0) is 11.8. The third-order valence-corrected chi connectivity index (χ3v) is 5.84. The number of sulfonamides is 1. The third kappa shape index (κ3) is 1.94. The first-order valence-corrected chi connectivity index (χ1v) is 7.89. The number of rotatable bonds is 2. The summed E-state index contributed by atoms with van der Waals surface area (Å²) in [6.45, 7) is 3.64. The molecule has 0 aromatic heterocycles. The van der Waals surface area contributed by atoms with Gasteiger partial charge in [0.25, 0.3) is 0 Å². The van der Waals surface area contributed by atoms with Crippen LogP contribution in [0.2, 0.25) is 0 Å². The number of para-hydroxylation sites is 1. The summed E-state index contributed by atoms with van der Waals surface area (Å²) in [5.74, 6) is 0.965. The standard InChI is InChI=1S/C11H15NO2S2/c1-3-16(13,14)12-9(2)8-15-11-7-5-4-6-10(11)12/h4-7,9H,3,8H2,1-2H3. The second-order valence-electron chi connectivity index (χ2n) is 3.82. The molecule has 1 unspecified atom stereocenters. The molecular weight excluding hydrogens is 242 g/mol. The molecule has 0 fully saturated rings. The van der Waals surface area contributed by atoms with Crippen molar-refractivity contribution >= 4 is 27.5 Å². The van der Waals surface area contributed by atoms with E-state index in [0.29, 0.717) is 0 Å². The minimum absolute atomic E-state index is 0.0323. The lowest BCUT2D eigenvalue weighted by molar-refractivity contribution is 0.585. The molecule has 0 amide bonds. The second-order valence-corrected chi connectivity index (χ2v) is 7.02. The summed E-state index contributed by atoms with van der Waals surface area (Å²) >= 11 is 1.72. The van der Waals surface area contributed by atoms with Crippen molar-refractivity contribution in [2.45, 2.75) is 24.8 Å². The summed E-state index contributed by atoms with van der Waals surface area (Å²) in [5.41, 5.74) is 0.827. The Kier molecular flexibility index (Phi) is 3.17. The smallest absolute Gasteiger partial charge is 0.235 e. The molecule has 1 aliphatic rings. The molecular formula is C11H15NO2S2. The highest BCUT2D eigenvalue weighted by Crippen LogP contribution is 2.38. The van der Waals surface area contributed by atoms with Crippen LogP contribution in [0.1, 0.15) is 13.8 Å². The molecule has 0 N–H and O–H groups in total. The second kappa shape index (κ2) is 4.30. The van der Waals surface area contributed by atoms with Gasteiger partial charge in [-0.05, 0) is 26.0 Å². The Bertz CT molecular complexity index is 485. The maximum absolute atomic E-state index is 12.0. The largest absolute Gasteiger partial charge is 0.266 e. The molecule has 2 rings (SSSR count). The van der Waals surface area contributed by atoms with Gasteiger partial charge in [0.05, 0.1) is 17.5 Å². The van der Waals surface area contributed by atoms with Crippen molar-refractivity contribution in [2.24, 2.45) is 0 Å². The summed E-state index contributed by atoms with van der Waals surface area (Å²) in [5, 5.41) is 0. The van der Waals surface area contributed by atoms with Gasteiger partial charge in [-0.1, -0.05) is 12.1 Å². The summed E-state index contributed by atoms with van der Waals surface area (Å²) in [7, 11) is -3.16. The fraction of sp³-hybridized carbons (Fsp3) is 0.455. The first kappa shape index (κ1) is 11.8. The molecule has 1 aromatic carbocycles. The Balaban J connectivity index is 2.53. The van der Waals surface area contributed by atoms with Gasteiger partial charge in [-0.3, -0.25) is 4.31 Å². The van der Waals surface area contributed by atoms with Crippen LogP contribution in [-0.4, -0.2) is 26.0 Å². The average Bonchev–Trinajstić information content (AvgIpc) is 2.28. The van der Waals surface area contributed by atoms with Gasteiger partial charge in [0, 0.05) is 10.6 Å². The maximum atomic E-state index is 12.0. The molecule has 1 aromatic rings. The quantitative estimate of drug-likeness (QED) is 0.816. The van der Waals surface area contributed by atoms with E-state index in [1.807, 2.05) is 31.2 Å². The predicted octanol–water partition coefficient (Wildman–Crippen LogP) is 2.34. The molecule has 0 saturated carbocycles. The first-order chi connectivity index (χ1) is 7.56. The number of fused-ring (bicyclic) bond motifs is 1. The minimum Gasteiger partial charge on any atom is -0.266 e. The van der Waals surface area contributed by atoms with Gasteiger partial charge in [-0.2, -0.15) is 0 Å². The number of anilines is 1. The highest BCUT2D eigenvalue weighted by molar-refractivity contribution is 8.00. The summed E-state index contributed by atoms with van der Waals surface area (Å²) in [6, 6.07) is 7.72. The van der Waals surface area contributed by atoms with E-state index < -0.39 is 10.0 Å². The first-order valence-electron chi connectivity index (χ1n) is 5.30. The third-order valence-electron chi connectivity index (χ3n) is 2.65. The molecule has 88 valence electrons. The lowest BCUT2D eigenvalue weighted by Crippen LogP contribution is -2.43. The molecule has 0 aliphatic carbocycles. The van der Waals surface area contributed by atoms with Crippen LogP contribution in [0.4, 0.5) is 5.69 Å². The lowest BCUT2D eigenvalue weighted by Gasteiger charge is -2.35. The molecule has 0 radical (unpaired) electrons. The van der Waals surface area contributed by atoms with E-state index in [0.717, 1.165) is 16.3 Å². The molecule has 0 bridgehead atoms. The van der Waals surface area contributed by atoms with Gasteiger partial charge in [0.15, 0.2) is 0 Å². The molecule has 3 nitrogen and oxygen atoms in total. The highest BCUT2D eigenvalue weighted by Gasteiger charge is 2.31. The van der Waals surface area contributed by atoms with Crippen molar-refractivity contribution < 1.29 is 8.42 Å². The minimum atomic E-state index is -3.16. The Hall–Kier alpha value is -0.680. The van der Waals surface area contributed by atoms with Crippen molar-refractivity contribution in [2.75, 3.05) is 15.8 Å². The summed E-state index contributed by atoms with van der Waals surface area (Å²) in [4.78, 5) is 1.05. The van der Waals surface area contributed by atoms with Crippen molar-refractivity contribution in [3.05, 3.63) is 24.3 Å². The van der Waals surface area contributed by atoms with E-state index in [-0.39, 0.29) is 11.8 Å². The van der Waals surface area contributed by atoms with Crippen LogP contribution in [0.3, 0.4) is 0 Å². The average molecular weight is 257 g/mol. The Morgan fingerprint density at radius 3 is 2.81 bits per heavy atom. The summed E-state index contributed by atoms with van der Waals surface area (Å²) in [6.07, 6.45) is 0. The van der Waals surface area contributed by atoms with E-state index in [1.54, 1.807) is 23.0 Å². The van der Waals surface area contributed by atoms with Crippen molar-refractivity contribution in [3.8, 4) is 0 Å². The monoisotopic (exact) mass is 257 g/mol. The van der Waals surface area contributed by atoms with E-state index in [2.05, 4.69) is 0 Å². The predicted molar refractivity (Wildman–Crippen MR) is 68.6 cm³/mol. The molecule has 0 saturated heterocycles. The number of thioether (sulfide) groups is 1. The van der Waals surface area contributed by atoms with Gasteiger partial charge in [0.1, 0.15) is 0 Å². The van der Waals surface area contributed by atoms with E-state index in [9.17, 15) is 8.42 Å². The van der Waals surface area contributed by atoms with Gasteiger partial charge in [-0.25, -0.2) is 8.42 Å². The van der Waals surface area contributed by atoms with Crippen LogP contribution < -0.4 is 4.31 Å². The lowest BCUT2D eigenvalue weighted by atomic mass is 10.3. The van der Waals surface area contributed by atoms with Crippen molar-refractivity contribution in [1.29, 1.82) is 0 Å². The SMILES string of the molecule is CCS(=O)(=O)N1c2ccccc2SCC1C. The topological polar surface area (TPSA) is 37.4 Å². The maximum Gasteiger partial charge on any atom is 0.235 e. The van der Waals surface area contributed by atoms with E-state index >= 15 is 0 Å². The number of benzene rings is 1. The van der Waals surface area contributed by atoms with Crippen LogP contribution >= 0.6 is 11.8 Å². The molecule has 1 heterocycles. The van der Waals surface area contributed by atoms with Gasteiger partial charge < -0.3 is 0 Å². The van der Waals surface area contributed by atoms with Gasteiger partial charge in [0.2, 0.25) is 10.0 Å². The van der Waals surface area contributed by atoms with Crippen LogP contribution in [0.25, 0.3) is 0 Å². The van der Waals surface area contributed by atoms with Crippen molar-refractivity contribution in [1.82, 2.24) is 0 Å². The summed E-state index contributed by atoms with van der Waals surface area (Å²) < 4.78 is 25.7. The molecule has 1 atom stereocenters.